The average molecular weight is 342 g/mol. The molecule has 0 atom stereocenters. The predicted molar refractivity (Wildman–Crippen MR) is 100 cm³/mol. The molecule has 0 bridgehead atoms. The maximum Gasteiger partial charge on any atom is 0.0474 e. The molecule has 0 aliphatic heterocycles. The Kier molecular flexibility index (Phi) is 5.22. The first-order chi connectivity index (χ1) is 11.3. The lowest BCUT2D eigenvalue weighted by molar-refractivity contribution is 1.26. The first-order valence-electron chi connectivity index (χ1n) is 7.47. The van der Waals surface area contributed by atoms with Crippen LogP contribution in [0.25, 0.3) is 0 Å². The Morgan fingerprint density at radius 2 is 0.913 bits per heavy atom. The normalized spacial score (nSPS) is 10.5. The van der Waals surface area contributed by atoms with E-state index in [1.807, 2.05) is 18.2 Å². The fourth-order valence-electron chi connectivity index (χ4n) is 2.49. The molecular weight excluding hydrogens is 325 g/mol. The van der Waals surface area contributed by atoms with Crippen molar-refractivity contribution in [3.05, 3.63) is 90.0 Å². The van der Waals surface area contributed by atoms with Crippen LogP contribution in [0.5, 0.6) is 0 Å². The molecule has 0 aliphatic rings. The highest BCUT2D eigenvalue weighted by Crippen LogP contribution is 2.34. The zero-order chi connectivity index (χ0) is 16.1. The molecule has 1 nitrogen and oxygen atoms in total. The van der Waals surface area contributed by atoms with Crippen molar-refractivity contribution in [1.82, 2.24) is 0 Å². The van der Waals surface area contributed by atoms with Gasteiger partial charge in [-0.1, -0.05) is 42.5 Å². The Balaban J connectivity index is 2.05. The topological polar surface area (TPSA) is 3.24 Å². The van der Waals surface area contributed by atoms with Gasteiger partial charge in [-0.3, -0.25) is 0 Å². The number of alkyl halides is 2. The third-order valence-corrected chi connectivity index (χ3v) is 4.33. The maximum absolute atomic E-state index is 5.90. The van der Waals surface area contributed by atoms with E-state index in [1.165, 1.54) is 0 Å². The summed E-state index contributed by atoms with van der Waals surface area (Å²) in [5.41, 5.74) is 5.54. The number of nitrogens with zero attached hydrogens (tertiary/aromatic N) is 1. The Morgan fingerprint density at radius 3 is 1.30 bits per heavy atom. The fraction of sp³-hybridized carbons (Fsp3) is 0.100. The highest BCUT2D eigenvalue weighted by molar-refractivity contribution is 6.17. The third-order valence-electron chi connectivity index (χ3n) is 3.71. The summed E-state index contributed by atoms with van der Waals surface area (Å²) < 4.78 is 0. The van der Waals surface area contributed by atoms with Gasteiger partial charge in [0.05, 0.1) is 0 Å². The Labute approximate surface area is 147 Å². The van der Waals surface area contributed by atoms with Gasteiger partial charge in [0, 0.05) is 28.8 Å². The second-order valence-corrected chi connectivity index (χ2v) is 5.81. The molecule has 116 valence electrons. The highest BCUT2D eigenvalue weighted by atomic mass is 35.5. The van der Waals surface area contributed by atoms with Crippen LogP contribution in [0.15, 0.2) is 78.9 Å². The molecule has 0 N–H and O–H groups in total. The first-order valence-corrected chi connectivity index (χ1v) is 8.53. The Hall–Kier alpha value is -1.96. The number of hydrogen-bond acceptors (Lipinski definition) is 1. The molecule has 0 heterocycles. The number of anilines is 3. The van der Waals surface area contributed by atoms with Crippen LogP contribution in [0, 0.1) is 0 Å². The standard InChI is InChI=1S/C20H17Cl2N/c21-14-16-6-10-19(11-7-16)23(18-4-2-1-3-5-18)20-12-8-17(15-22)9-13-20/h1-13H,14-15H2. The molecule has 3 aromatic rings. The van der Waals surface area contributed by atoms with E-state index in [-0.39, 0.29) is 0 Å². The minimum atomic E-state index is 0.524. The number of hydrogen-bond donors (Lipinski definition) is 0. The van der Waals surface area contributed by atoms with Crippen LogP contribution in [0.4, 0.5) is 17.1 Å². The quantitative estimate of drug-likeness (QED) is 0.470. The molecule has 0 aromatic heterocycles. The molecule has 23 heavy (non-hydrogen) atoms. The molecule has 0 aliphatic carbocycles. The van der Waals surface area contributed by atoms with Gasteiger partial charge >= 0.3 is 0 Å². The van der Waals surface area contributed by atoms with Crippen LogP contribution in [-0.2, 0) is 11.8 Å². The van der Waals surface area contributed by atoms with E-state index in [9.17, 15) is 0 Å². The molecule has 0 fully saturated rings. The summed E-state index contributed by atoms with van der Waals surface area (Å²) >= 11 is 11.8. The van der Waals surface area contributed by atoms with Crippen LogP contribution in [0.2, 0.25) is 0 Å². The zero-order valence-electron chi connectivity index (χ0n) is 12.6. The first kappa shape index (κ1) is 15.9. The molecule has 0 radical (unpaired) electrons. The molecule has 3 rings (SSSR count). The summed E-state index contributed by atoms with van der Waals surface area (Å²) in [5, 5.41) is 0. The molecule has 0 amide bonds. The largest absolute Gasteiger partial charge is 0.311 e. The summed E-state index contributed by atoms with van der Waals surface area (Å²) in [6, 6.07) is 26.9. The monoisotopic (exact) mass is 341 g/mol. The fourth-order valence-corrected chi connectivity index (χ4v) is 2.85. The SMILES string of the molecule is ClCc1ccc(N(c2ccccc2)c2ccc(CCl)cc2)cc1. The minimum absolute atomic E-state index is 0.524. The predicted octanol–water partition coefficient (Wildman–Crippen LogP) is 6.63. The van der Waals surface area contributed by atoms with E-state index in [0.29, 0.717) is 11.8 Å². The Bertz CT molecular complexity index is 689. The summed E-state index contributed by atoms with van der Waals surface area (Å²) in [6.45, 7) is 0. The maximum atomic E-state index is 5.90. The van der Waals surface area contributed by atoms with Gasteiger partial charge in [0.2, 0.25) is 0 Å². The van der Waals surface area contributed by atoms with E-state index in [1.54, 1.807) is 0 Å². The van der Waals surface area contributed by atoms with Crippen molar-refractivity contribution in [3.8, 4) is 0 Å². The van der Waals surface area contributed by atoms with E-state index in [0.717, 1.165) is 28.2 Å². The lowest BCUT2D eigenvalue weighted by Gasteiger charge is -2.25. The Morgan fingerprint density at radius 1 is 0.522 bits per heavy atom. The molecule has 0 saturated carbocycles. The van der Waals surface area contributed by atoms with Crippen LogP contribution >= 0.6 is 23.2 Å². The summed E-state index contributed by atoms with van der Waals surface area (Å²) in [5.74, 6) is 1.05. The average Bonchev–Trinajstić information content (AvgIpc) is 2.64. The summed E-state index contributed by atoms with van der Waals surface area (Å²) in [6.07, 6.45) is 0. The van der Waals surface area contributed by atoms with Gasteiger partial charge in [0.25, 0.3) is 0 Å². The number of halogens is 2. The van der Waals surface area contributed by atoms with E-state index in [2.05, 4.69) is 65.6 Å². The van der Waals surface area contributed by atoms with Crippen LogP contribution in [0.3, 0.4) is 0 Å². The van der Waals surface area contributed by atoms with Gasteiger partial charge in [-0.25, -0.2) is 0 Å². The second kappa shape index (κ2) is 7.54. The van der Waals surface area contributed by atoms with Gasteiger partial charge in [0.15, 0.2) is 0 Å². The van der Waals surface area contributed by atoms with Crippen molar-refractivity contribution in [2.24, 2.45) is 0 Å². The van der Waals surface area contributed by atoms with Gasteiger partial charge < -0.3 is 4.90 Å². The van der Waals surface area contributed by atoms with Crippen molar-refractivity contribution >= 4 is 40.3 Å². The van der Waals surface area contributed by atoms with Crippen molar-refractivity contribution < 1.29 is 0 Å². The highest BCUT2D eigenvalue weighted by Gasteiger charge is 2.11. The smallest absolute Gasteiger partial charge is 0.0474 e. The van der Waals surface area contributed by atoms with Crippen molar-refractivity contribution in [2.75, 3.05) is 4.90 Å². The molecule has 3 heteroatoms. The lowest BCUT2D eigenvalue weighted by atomic mass is 10.1. The van der Waals surface area contributed by atoms with Crippen molar-refractivity contribution in [2.45, 2.75) is 11.8 Å². The third kappa shape index (κ3) is 3.69. The van der Waals surface area contributed by atoms with Crippen molar-refractivity contribution in [3.63, 3.8) is 0 Å². The number of rotatable bonds is 5. The number of para-hydroxylation sites is 1. The summed E-state index contributed by atoms with van der Waals surface area (Å²) in [7, 11) is 0. The van der Waals surface area contributed by atoms with Crippen LogP contribution < -0.4 is 4.90 Å². The van der Waals surface area contributed by atoms with Crippen LogP contribution in [-0.4, -0.2) is 0 Å². The van der Waals surface area contributed by atoms with E-state index in [4.69, 9.17) is 23.2 Å². The van der Waals surface area contributed by atoms with Crippen LogP contribution in [0.1, 0.15) is 11.1 Å². The van der Waals surface area contributed by atoms with Gasteiger partial charge in [-0.05, 0) is 47.5 Å². The van der Waals surface area contributed by atoms with Gasteiger partial charge in [-0.2, -0.15) is 0 Å². The minimum Gasteiger partial charge on any atom is -0.311 e. The molecule has 0 spiro atoms. The van der Waals surface area contributed by atoms with Gasteiger partial charge in [0.1, 0.15) is 0 Å². The lowest BCUT2D eigenvalue weighted by Crippen LogP contribution is -2.09. The summed E-state index contributed by atoms with van der Waals surface area (Å²) in [4.78, 5) is 2.22. The zero-order valence-corrected chi connectivity index (χ0v) is 14.1. The number of benzene rings is 3. The van der Waals surface area contributed by atoms with Gasteiger partial charge in [-0.15, -0.1) is 23.2 Å². The molecular formula is C20H17Cl2N. The molecule has 0 saturated heterocycles. The second-order valence-electron chi connectivity index (χ2n) is 5.27. The molecule has 0 unspecified atom stereocenters. The van der Waals surface area contributed by atoms with E-state index < -0.39 is 0 Å². The molecule has 3 aromatic carbocycles. The van der Waals surface area contributed by atoms with E-state index >= 15 is 0 Å². The van der Waals surface area contributed by atoms with Crippen molar-refractivity contribution in [1.29, 1.82) is 0 Å².